The van der Waals surface area contributed by atoms with Crippen LogP contribution in [0.15, 0.2) is 54.9 Å². The summed E-state index contributed by atoms with van der Waals surface area (Å²) < 4.78 is 13.1. The number of rotatable bonds is 4. The molecule has 0 radical (unpaired) electrons. The van der Waals surface area contributed by atoms with Crippen molar-refractivity contribution in [3.05, 3.63) is 66.0 Å². The van der Waals surface area contributed by atoms with Gasteiger partial charge >= 0.3 is 6.09 Å². The molecule has 3 heterocycles. The number of hydrogen-bond donors (Lipinski definition) is 2. The first-order valence-corrected chi connectivity index (χ1v) is 9.33. The van der Waals surface area contributed by atoms with E-state index in [-0.39, 0.29) is 6.10 Å². The number of benzene rings is 2. The molecule has 1 amide bonds. The molecule has 0 saturated heterocycles. The van der Waals surface area contributed by atoms with Crippen LogP contribution in [0.25, 0.3) is 10.9 Å². The van der Waals surface area contributed by atoms with E-state index in [1.165, 1.54) is 0 Å². The molecule has 0 bridgehead atoms. The number of amides is 1. The van der Waals surface area contributed by atoms with E-state index < -0.39 is 6.09 Å². The average Bonchev–Trinajstić information content (AvgIpc) is 3.24. The van der Waals surface area contributed by atoms with Crippen LogP contribution in [-0.4, -0.2) is 32.2 Å². The third-order valence-electron chi connectivity index (χ3n) is 4.91. The average molecular weight is 389 g/mol. The Bertz CT molecular complexity index is 1180. The highest BCUT2D eigenvalue weighted by Crippen LogP contribution is 2.33. The number of cyclic esters (lactones) is 1. The first-order valence-electron chi connectivity index (χ1n) is 9.33. The lowest BCUT2D eigenvalue weighted by Gasteiger charge is -2.14. The molecule has 8 nitrogen and oxygen atoms in total. The highest BCUT2D eigenvalue weighted by Gasteiger charge is 2.24. The van der Waals surface area contributed by atoms with Crippen molar-refractivity contribution in [3.8, 4) is 11.6 Å². The zero-order valence-electron chi connectivity index (χ0n) is 15.8. The number of aromatic nitrogens is 4. The summed E-state index contributed by atoms with van der Waals surface area (Å²) in [5.41, 5.74) is 3.58. The molecule has 4 aromatic rings. The molecule has 0 aliphatic carbocycles. The molecule has 1 aliphatic rings. The summed E-state index contributed by atoms with van der Waals surface area (Å²) in [6.45, 7) is 0. The fourth-order valence-corrected chi connectivity index (χ4v) is 3.58. The summed E-state index contributed by atoms with van der Waals surface area (Å²) in [5.74, 6) is 1.07. The van der Waals surface area contributed by atoms with Gasteiger partial charge in [0.2, 0.25) is 5.88 Å². The van der Waals surface area contributed by atoms with Crippen LogP contribution in [0.2, 0.25) is 0 Å². The third kappa shape index (κ3) is 3.52. The van der Waals surface area contributed by atoms with Crippen molar-refractivity contribution in [1.82, 2.24) is 20.0 Å². The topological polar surface area (TPSA) is 94.1 Å². The van der Waals surface area contributed by atoms with Gasteiger partial charge in [-0.1, -0.05) is 30.3 Å². The smallest absolute Gasteiger partial charge is 0.411 e. The van der Waals surface area contributed by atoms with E-state index in [2.05, 4.69) is 20.6 Å². The van der Waals surface area contributed by atoms with Crippen LogP contribution in [0, 0.1) is 0 Å². The predicted octanol–water partition coefficient (Wildman–Crippen LogP) is 3.80. The van der Waals surface area contributed by atoms with Gasteiger partial charge in [-0.15, -0.1) is 5.10 Å². The molecule has 1 atom stereocenters. The molecular formula is C21H19N5O3. The molecule has 0 spiro atoms. The second-order valence-electron chi connectivity index (χ2n) is 7.08. The van der Waals surface area contributed by atoms with Crippen molar-refractivity contribution in [1.29, 1.82) is 0 Å². The van der Waals surface area contributed by atoms with Crippen LogP contribution in [-0.2, 0) is 24.6 Å². The molecule has 0 saturated carbocycles. The Balaban J connectivity index is 1.47. The first-order chi connectivity index (χ1) is 14.1. The van der Waals surface area contributed by atoms with E-state index in [1.807, 2.05) is 49.5 Å². The van der Waals surface area contributed by atoms with E-state index in [4.69, 9.17) is 9.47 Å². The van der Waals surface area contributed by atoms with Crippen LogP contribution >= 0.6 is 0 Å². The van der Waals surface area contributed by atoms with Crippen molar-refractivity contribution in [3.63, 3.8) is 0 Å². The van der Waals surface area contributed by atoms with E-state index in [9.17, 15) is 4.79 Å². The number of aryl methyl sites for hydroxylation is 1. The maximum Gasteiger partial charge on any atom is 0.411 e. The number of fused-ring (bicyclic) bond motifs is 2. The minimum absolute atomic E-state index is 0.259. The maximum absolute atomic E-state index is 12.2. The molecule has 5 rings (SSSR count). The summed E-state index contributed by atoms with van der Waals surface area (Å²) in [5, 5.41) is 15.0. The number of aromatic amines is 1. The minimum Gasteiger partial charge on any atom is -0.445 e. The molecule has 2 N–H and O–H groups in total. The largest absolute Gasteiger partial charge is 0.445 e. The van der Waals surface area contributed by atoms with Gasteiger partial charge in [0, 0.05) is 25.6 Å². The van der Waals surface area contributed by atoms with Crippen molar-refractivity contribution in [2.75, 3.05) is 5.32 Å². The number of H-pyrrole nitrogens is 1. The Labute approximate surface area is 166 Å². The molecule has 2 aromatic carbocycles. The normalized spacial score (nSPS) is 16.0. The van der Waals surface area contributed by atoms with Crippen molar-refractivity contribution < 1.29 is 14.3 Å². The van der Waals surface area contributed by atoms with Crippen LogP contribution < -0.4 is 10.1 Å². The zero-order valence-corrected chi connectivity index (χ0v) is 15.8. The van der Waals surface area contributed by atoms with E-state index in [0.29, 0.717) is 24.5 Å². The molecule has 1 unspecified atom stereocenters. The number of hydrogen-bond acceptors (Lipinski definition) is 5. The predicted molar refractivity (Wildman–Crippen MR) is 107 cm³/mol. The van der Waals surface area contributed by atoms with Gasteiger partial charge in [0.15, 0.2) is 5.75 Å². The number of carbonyl (C=O) groups excluding carboxylic acids is 1. The summed E-state index contributed by atoms with van der Waals surface area (Å²) >= 11 is 0. The van der Waals surface area contributed by atoms with Crippen LogP contribution in [0.5, 0.6) is 11.6 Å². The molecule has 8 heteroatoms. The lowest BCUT2D eigenvalue weighted by atomic mass is 9.99. The molecular weight excluding hydrogens is 370 g/mol. The van der Waals surface area contributed by atoms with Gasteiger partial charge in [-0.25, -0.2) is 4.79 Å². The molecule has 1 aliphatic heterocycles. The van der Waals surface area contributed by atoms with E-state index >= 15 is 0 Å². The lowest BCUT2D eigenvalue weighted by molar-refractivity contribution is 0.113. The fourth-order valence-electron chi connectivity index (χ4n) is 3.58. The van der Waals surface area contributed by atoms with Gasteiger partial charge in [-0.05, 0) is 23.3 Å². The quantitative estimate of drug-likeness (QED) is 0.554. The summed E-state index contributed by atoms with van der Waals surface area (Å²) in [6, 6.07) is 13.9. The Kier molecular flexibility index (Phi) is 4.16. The van der Waals surface area contributed by atoms with Crippen molar-refractivity contribution >= 4 is 22.7 Å². The Hall–Kier alpha value is -3.81. The minimum atomic E-state index is -0.449. The zero-order chi connectivity index (χ0) is 19.8. The Morgan fingerprint density at radius 3 is 2.93 bits per heavy atom. The third-order valence-corrected chi connectivity index (χ3v) is 4.91. The van der Waals surface area contributed by atoms with Gasteiger partial charge in [-0.2, -0.15) is 5.10 Å². The van der Waals surface area contributed by atoms with Gasteiger partial charge < -0.3 is 9.47 Å². The van der Waals surface area contributed by atoms with Gasteiger partial charge in [0.25, 0.3) is 0 Å². The summed E-state index contributed by atoms with van der Waals surface area (Å²) in [7, 11) is 1.82. The second-order valence-corrected chi connectivity index (χ2v) is 7.08. The lowest BCUT2D eigenvalue weighted by Crippen LogP contribution is -2.22. The van der Waals surface area contributed by atoms with Gasteiger partial charge in [-0.3, -0.25) is 15.1 Å². The number of anilines is 1. The molecule has 146 valence electrons. The van der Waals surface area contributed by atoms with Crippen molar-refractivity contribution in [2.45, 2.75) is 18.9 Å². The second kappa shape index (κ2) is 6.97. The number of nitrogens with one attached hydrogen (secondary N) is 2. The molecule has 29 heavy (non-hydrogen) atoms. The van der Waals surface area contributed by atoms with Crippen molar-refractivity contribution in [2.24, 2.45) is 7.05 Å². The summed E-state index contributed by atoms with van der Waals surface area (Å²) in [6.07, 6.45) is 3.94. The van der Waals surface area contributed by atoms with Crippen LogP contribution in [0.4, 0.5) is 10.5 Å². The van der Waals surface area contributed by atoms with Crippen LogP contribution in [0.1, 0.15) is 11.1 Å². The first kappa shape index (κ1) is 17.3. The molecule has 0 fully saturated rings. The Morgan fingerprint density at radius 2 is 2.14 bits per heavy atom. The van der Waals surface area contributed by atoms with Gasteiger partial charge in [0.05, 0.1) is 23.3 Å². The van der Waals surface area contributed by atoms with E-state index in [1.54, 1.807) is 17.1 Å². The Morgan fingerprint density at radius 1 is 1.28 bits per heavy atom. The fraction of sp³-hybridized carbons (Fsp3) is 0.190. The standard InChI is InChI=1S/C21H19N5O3/c1-26-12-16(11-22-26)28-20-17-9-14-8-15(7-13-5-3-2-4-6-13)29-21(27)23-18(14)10-19(17)24-25-20/h2-6,9-12,15H,7-8H2,1H3,(H,23,27)(H,24,25). The van der Waals surface area contributed by atoms with Crippen LogP contribution in [0.3, 0.4) is 0 Å². The number of carbonyl (C=O) groups is 1. The highest BCUT2D eigenvalue weighted by molar-refractivity contribution is 5.94. The summed E-state index contributed by atoms with van der Waals surface area (Å²) in [4.78, 5) is 12.2. The van der Waals surface area contributed by atoms with E-state index in [0.717, 1.165) is 27.7 Å². The highest BCUT2D eigenvalue weighted by atomic mass is 16.6. The number of nitrogens with zero attached hydrogens (tertiary/aromatic N) is 3. The monoisotopic (exact) mass is 389 g/mol. The maximum atomic E-state index is 12.2. The number of ether oxygens (including phenoxy) is 2. The SMILES string of the molecule is Cn1cc(Oc2n[nH]c3cc4c(cc23)CC(Cc2ccccc2)OC(=O)N4)cn1. The molecule has 2 aromatic heterocycles. The van der Waals surface area contributed by atoms with Gasteiger partial charge in [0.1, 0.15) is 6.10 Å².